The number of nitrogens with zero attached hydrogens (tertiary/aromatic N) is 4. The molecular formula is C15H19N5O2S. The summed E-state index contributed by atoms with van der Waals surface area (Å²) in [6.45, 7) is 0.491. The van der Waals surface area contributed by atoms with Gasteiger partial charge in [-0.3, -0.25) is 0 Å². The fraction of sp³-hybridized carbons (Fsp3) is 0.333. The Morgan fingerprint density at radius 2 is 1.87 bits per heavy atom. The summed E-state index contributed by atoms with van der Waals surface area (Å²) in [5.41, 5.74) is 9.17. The summed E-state index contributed by atoms with van der Waals surface area (Å²) in [7, 11) is 0.221. The van der Waals surface area contributed by atoms with E-state index in [1.807, 2.05) is 37.2 Å². The molecule has 0 aliphatic carbocycles. The van der Waals surface area contributed by atoms with Crippen molar-refractivity contribution in [2.75, 3.05) is 32.1 Å². The molecule has 0 radical (unpaired) electrons. The molecule has 0 heterocycles. The second kappa shape index (κ2) is 7.32. The lowest BCUT2D eigenvalue weighted by Gasteiger charge is -2.17. The summed E-state index contributed by atoms with van der Waals surface area (Å²) in [5, 5.41) is 4.95. The van der Waals surface area contributed by atoms with E-state index in [0.717, 1.165) is 11.1 Å². The van der Waals surface area contributed by atoms with Crippen LogP contribution in [0.5, 0.6) is 0 Å². The number of benzene rings is 2. The van der Waals surface area contributed by atoms with Crippen molar-refractivity contribution in [2.24, 2.45) is 5.11 Å². The zero-order valence-corrected chi connectivity index (χ0v) is 13.9. The molecule has 0 bridgehead atoms. The molecule has 0 unspecified atom stereocenters. The van der Waals surface area contributed by atoms with Gasteiger partial charge in [-0.2, -0.15) is 0 Å². The molecule has 0 saturated heterocycles. The molecule has 0 spiro atoms. The van der Waals surface area contributed by atoms with Gasteiger partial charge in [-0.1, -0.05) is 29.4 Å². The summed E-state index contributed by atoms with van der Waals surface area (Å²) >= 11 is 0. The molecule has 0 saturated carbocycles. The Morgan fingerprint density at radius 1 is 1.17 bits per heavy atom. The van der Waals surface area contributed by atoms with E-state index in [1.54, 1.807) is 18.2 Å². The van der Waals surface area contributed by atoms with Crippen molar-refractivity contribution in [3.05, 3.63) is 46.8 Å². The van der Waals surface area contributed by atoms with Gasteiger partial charge in [0.15, 0.2) is 0 Å². The number of rotatable bonds is 7. The summed E-state index contributed by atoms with van der Waals surface area (Å²) in [4.78, 5) is 4.84. The molecule has 23 heavy (non-hydrogen) atoms. The smallest absolute Gasteiger partial charge is 0.241 e. The Labute approximate surface area is 135 Å². The van der Waals surface area contributed by atoms with E-state index in [2.05, 4.69) is 14.7 Å². The van der Waals surface area contributed by atoms with Gasteiger partial charge < -0.3 is 4.90 Å². The number of azide groups is 1. The van der Waals surface area contributed by atoms with Crippen LogP contribution in [0.1, 0.15) is 6.42 Å². The van der Waals surface area contributed by atoms with Crippen LogP contribution in [-0.4, -0.2) is 35.6 Å². The predicted octanol–water partition coefficient (Wildman–Crippen LogP) is 2.88. The Hall–Kier alpha value is -2.28. The molecular weight excluding hydrogens is 314 g/mol. The summed E-state index contributed by atoms with van der Waals surface area (Å²) in [6.07, 6.45) is 0.455. The van der Waals surface area contributed by atoms with Gasteiger partial charge in [-0.05, 0) is 24.1 Å². The maximum atomic E-state index is 12.5. The predicted molar refractivity (Wildman–Crippen MR) is 92.1 cm³/mol. The Kier molecular flexibility index (Phi) is 5.44. The topological polar surface area (TPSA) is 98.2 Å². The minimum Gasteiger partial charge on any atom is -0.377 e. The van der Waals surface area contributed by atoms with Gasteiger partial charge in [0, 0.05) is 48.6 Å². The van der Waals surface area contributed by atoms with E-state index in [1.165, 1.54) is 0 Å². The fourth-order valence-corrected chi connectivity index (χ4v) is 3.64. The van der Waals surface area contributed by atoms with Crippen LogP contribution in [0.3, 0.4) is 0 Å². The van der Waals surface area contributed by atoms with Crippen LogP contribution < -0.4 is 9.62 Å². The number of nitrogens with one attached hydrogen (secondary N) is 1. The van der Waals surface area contributed by atoms with Gasteiger partial charge in [0.25, 0.3) is 0 Å². The first-order valence-corrected chi connectivity index (χ1v) is 8.65. The molecule has 0 aromatic heterocycles. The molecule has 1 N–H and O–H groups in total. The maximum Gasteiger partial charge on any atom is 0.241 e. The number of hydrogen-bond donors (Lipinski definition) is 1. The third kappa shape index (κ3) is 3.92. The fourth-order valence-electron chi connectivity index (χ4n) is 2.36. The summed E-state index contributed by atoms with van der Waals surface area (Å²) in [5.74, 6) is 0. The molecule has 2 aromatic rings. The lowest BCUT2D eigenvalue weighted by molar-refractivity contribution is 0.580. The van der Waals surface area contributed by atoms with Crippen LogP contribution in [0.2, 0.25) is 0 Å². The molecule has 2 aromatic carbocycles. The Balaban J connectivity index is 2.35. The lowest BCUT2D eigenvalue weighted by Crippen LogP contribution is -2.25. The van der Waals surface area contributed by atoms with E-state index in [4.69, 9.17) is 5.53 Å². The van der Waals surface area contributed by atoms with Gasteiger partial charge >= 0.3 is 0 Å². The molecule has 0 amide bonds. The van der Waals surface area contributed by atoms with Crippen molar-refractivity contribution in [3.63, 3.8) is 0 Å². The number of anilines is 1. The van der Waals surface area contributed by atoms with Crippen LogP contribution in [0, 0.1) is 0 Å². The SMILES string of the molecule is CN(C)c1ccc(S(=O)(=O)NCCCN=[N+]=[N-])c2ccccc12. The highest BCUT2D eigenvalue weighted by atomic mass is 32.2. The van der Waals surface area contributed by atoms with Gasteiger partial charge in [-0.15, -0.1) is 0 Å². The monoisotopic (exact) mass is 333 g/mol. The molecule has 0 fully saturated rings. The van der Waals surface area contributed by atoms with Gasteiger partial charge in [-0.25, -0.2) is 13.1 Å². The first-order chi connectivity index (χ1) is 11.0. The van der Waals surface area contributed by atoms with Gasteiger partial charge in [0.1, 0.15) is 0 Å². The van der Waals surface area contributed by atoms with E-state index in [9.17, 15) is 8.42 Å². The first kappa shape index (κ1) is 17.1. The Morgan fingerprint density at radius 3 is 2.52 bits per heavy atom. The van der Waals surface area contributed by atoms with Crippen LogP contribution in [0.25, 0.3) is 21.2 Å². The average Bonchev–Trinajstić information content (AvgIpc) is 2.53. The second-order valence-electron chi connectivity index (χ2n) is 5.23. The van der Waals surface area contributed by atoms with Crippen LogP contribution in [0.4, 0.5) is 5.69 Å². The van der Waals surface area contributed by atoms with Crippen molar-refractivity contribution < 1.29 is 8.42 Å². The van der Waals surface area contributed by atoms with Crippen molar-refractivity contribution in [3.8, 4) is 0 Å². The third-order valence-corrected chi connectivity index (χ3v) is 4.94. The minimum absolute atomic E-state index is 0.227. The zero-order valence-electron chi connectivity index (χ0n) is 13.1. The van der Waals surface area contributed by atoms with Gasteiger partial charge in [0.05, 0.1) is 4.90 Å². The van der Waals surface area contributed by atoms with E-state index in [-0.39, 0.29) is 18.0 Å². The van der Waals surface area contributed by atoms with Crippen LogP contribution in [-0.2, 0) is 10.0 Å². The van der Waals surface area contributed by atoms with Crippen molar-refractivity contribution in [1.82, 2.24) is 4.72 Å². The Bertz CT molecular complexity index is 842. The average molecular weight is 333 g/mol. The number of hydrogen-bond acceptors (Lipinski definition) is 4. The molecule has 8 heteroatoms. The quantitative estimate of drug-likeness (QED) is 0.365. The second-order valence-corrected chi connectivity index (χ2v) is 6.96. The third-order valence-electron chi connectivity index (χ3n) is 3.42. The number of sulfonamides is 1. The molecule has 2 rings (SSSR count). The molecule has 122 valence electrons. The largest absolute Gasteiger partial charge is 0.377 e. The van der Waals surface area contributed by atoms with E-state index in [0.29, 0.717) is 11.8 Å². The summed E-state index contributed by atoms with van der Waals surface area (Å²) in [6, 6.07) is 10.8. The standard InChI is InChI=1S/C15H19N5O2S/c1-20(2)14-8-9-15(13-7-4-3-6-12(13)14)23(21,22)18-11-5-10-17-19-16/h3-4,6-9,18H,5,10-11H2,1-2H3. The van der Waals surface area contributed by atoms with Crippen molar-refractivity contribution in [1.29, 1.82) is 0 Å². The lowest BCUT2D eigenvalue weighted by atomic mass is 10.1. The first-order valence-electron chi connectivity index (χ1n) is 7.17. The molecule has 0 aliphatic rings. The van der Waals surface area contributed by atoms with Gasteiger partial charge in [0.2, 0.25) is 10.0 Å². The number of fused-ring (bicyclic) bond motifs is 1. The highest BCUT2D eigenvalue weighted by Crippen LogP contribution is 2.30. The van der Waals surface area contributed by atoms with Crippen molar-refractivity contribution >= 4 is 26.5 Å². The molecule has 7 nitrogen and oxygen atoms in total. The highest BCUT2D eigenvalue weighted by molar-refractivity contribution is 7.89. The van der Waals surface area contributed by atoms with Crippen LogP contribution in [0.15, 0.2) is 46.4 Å². The molecule has 0 atom stereocenters. The van der Waals surface area contributed by atoms with Crippen LogP contribution >= 0.6 is 0 Å². The highest BCUT2D eigenvalue weighted by Gasteiger charge is 2.18. The molecule has 0 aliphatic heterocycles. The summed E-state index contributed by atoms with van der Waals surface area (Å²) < 4.78 is 27.6. The maximum absolute atomic E-state index is 12.5. The normalized spacial score (nSPS) is 11.2. The zero-order chi connectivity index (χ0) is 16.9. The van der Waals surface area contributed by atoms with E-state index >= 15 is 0 Å². The minimum atomic E-state index is -3.62. The van der Waals surface area contributed by atoms with E-state index < -0.39 is 10.0 Å². The van der Waals surface area contributed by atoms with Crippen molar-refractivity contribution in [2.45, 2.75) is 11.3 Å².